The first-order chi connectivity index (χ1) is 7.91. The minimum Gasteiger partial charge on any atom is -0.392 e. The number of aliphatic hydroxyl groups is 1. The van der Waals surface area contributed by atoms with Gasteiger partial charge in [0.25, 0.3) is 0 Å². The Morgan fingerprint density at radius 3 is 2.65 bits per heavy atom. The Morgan fingerprint density at radius 1 is 1.41 bits per heavy atom. The highest BCUT2D eigenvalue weighted by atomic mass is 32.2. The van der Waals surface area contributed by atoms with Gasteiger partial charge in [0.2, 0.25) is 0 Å². The number of halogens is 2. The predicted octanol–water partition coefficient (Wildman–Crippen LogP) is 2.65. The van der Waals surface area contributed by atoms with Gasteiger partial charge in [-0.05, 0) is 25.1 Å². The van der Waals surface area contributed by atoms with Gasteiger partial charge in [-0.2, -0.15) is 0 Å². The molecule has 1 aromatic carbocycles. The summed E-state index contributed by atoms with van der Waals surface area (Å²) < 4.78 is 26.1. The van der Waals surface area contributed by atoms with Crippen LogP contribution in [0.5, 0.6) is 0 Å². The molecule has 0 fully saturated rings. The van der Waals surface area contributed by atoms with Crippen LogP contribution in [0.1, 0.15) is 24.2 Å². The quantitative estimate of drug-likeness (QED) is 0.827. The van der Waals surface area contributed by atoms with E-state index in [-0.39, 0.29) is 16.6 Å². The summed E-state index contributed by atoms with van der Waals surface area (Å²) in [5.74, 6) is -1.81. The molecule has 0 bridgehead atoms. The summed E-state index contributed by atoms with van der Waals surface area (Å²) in [6.07, 6.45) is -0.551. The highest BCUT2D eigenvalue weighted by Gasteiger charge is 2.16. The third-order valence-electron chi connectivity index (χ3n) is 2.39. The van der Waals surface area contributed by atoms with Gasteiger partial charge >= 0.3 is 0 Å². The SMILES string of the molecule is CC(O)C(C)SCC(=O)c1cc(F)ccc1F. The number of hydrogen-bond acceptors (Lipinski definition) is 3. The summed E-state index contributed by atoms with van der Waals surface area (Å²) >= 11 is 1.21. The van der Waals surface area contributed by atoms with Crippen LogP contribution < -0.4 is 0 Å². The molecule has 1 aromatic rings. The number of ketones is 1. The zero-order chi connectivity index (χ0) is 13.0. The van der Waals surface area contributed by atoms with Crippen LogP contribution in [0.15, 0.2) is 18.2 Å². The zero-order valence-corrected chi connectivity index (χ0v) is 10.4. The van der Waals surface area contributed by atoms with Gasteiger partial charge in [0.05, 0.1) is 17.4 Å². The van der Waals surface area contributed by atoms with Crippen molar-refractivity contribution in [3.8, 4) is 0 Å². The van der Waals surface area contributed by atoms with Crippen LogP contribution in [0.2, 0.25) is 0 Å². The van der Waals surface area contributed by atoms with E-state index in [1.807, 2.05) is 0 Å². The van der Waals surface area contributed by atoms with E-state index in [0.717, 1.165) is 18.2 Å². The highest BCUT2D eigenvalue weighted by molar-refractivity contribution is 8.00. The van der Waals surface area contributed by atoms with Crippen molar-refractivity contribution in [1.29, 1.82) is 0 Å². The summed E-state index contributed by atoms with van der Waals surface area (Å²) in [4.78, 5) is 11.6. The number of carbonyl (C=O) groups is 1. The molecule has 0 saturated heterocycles. The number of rotatable bonds is 5. The van der Waals surface area contributed by atoms with E-state index in [1.54, 1.807) is 13.8 Å². The largest absolute Gasteiger partial charge is 0.392 e. The Bertz CT molecular complexity index is 407. The topological polar surface area (TPSA) is 37.3 Å². The average molecular weight is 260 g/mol. The lowest BCUT2D eigenvalue weighted by molar-refractivity contribution is 0.101. The average Bonchev–Trinajstić information content (AvgIpc) is 2.28. The van der Waals surface area contributed by atoms with E-state index < -0.39 is 23.5 Å². The van der Waals surface area contributed by atoms with Crippen molar-refractivity contribution in [2.24, 2.45) is 0 Å². The minimum atomic E-state index is -0.721. The number of Topliss-reactive ketones (excluding diaryl/α,β-unsaturated/α-hetero) is 1. The molecule has 0 aliphatic carbocycles. The summed E-state index contributed by atoms with van der Waals surface area (Å²) in [6, 6.07) is 2.80. The van der Waals surface area contributed by atoms with Crippen molar-refractivity contribution < 1.29 is 18.7 Å². The summed E-state index contributed by atoms with van der Waals surface area (Å²) in [7, 11) is 0. The third-order valence-corrected chi connectivity index (χ3v) is 3.73. The maximum Gasteiger partial charge on any atom is 0.175 e. The monoisotopic (exact) mass is 260 g/mol. The standard InChI is InChI=1S/C12H14F2O2S/c1-7(15)8(2)17-6-12(16)10-5-9(13)3-4-11(10)14/h3-5,7-8,15H,6H2,1-2H3. The fraction of sp³-hybridized carbons (Fsp3) is 0.417. The molecule has 5 heteroatoms. The van der Waals surface area contributed by atoms with Gasteiger partial charge in [0, 0.05) is 5.25 Å². The van der Waals surface area contributed by atoms with Gasteiger partial charge in [0.1, 0.15) is 11.6 Å². The normalized spacial score (nSPS) is 14.4. The number of carbonyl (C=O) groups excluding carboxylic acids is 1. The lowest BCUT2D eigenvalue weighted by Gasteiger charge is -2.13. The Hall–Kier alpha value is -0.940. The van der Waals surface area contributed by atoms with E-state index in [2.05, 4.69) is 0 Å². The van der Waals surface area contributed by atoms with Gasteiger partial charge in [-0.15, -0.1) is 11.8 Å². The first-order valence-electron chi connectivity index (χ1n) is 5.19. The molecule has 0 amide bonds. The van der Waals surface area contributed by atoms with Gasteiger partial charge < -0.3 is 5.11 Å². The number of benzene rings is 1. The third kappa shape index (κ3) is 4.09. The second-order valence-corrected chi connectivity index (χ2v) is 5.17. The molecule has 94 valence electrons. The fourth-order valence-electron chi connectivity index (χ4n) is 1.14. The zero-order valence-electron chi connectivity index (χ0n) is 9.61. The molecule has 1 N–H and O–H groups in total. The van der Waals surface area contributed by atoms with E-state index in [4.69, 9.17) is 0 Å². The number of hydrogen-bond donors (Lipinski definition) is 1. The fourth-order valence-corrected chi connectivity index (χ4v) is 1.98. The molecular weight excluding hydrogens is 246 g/mol. The number of aliphatic hydroxyl groups excluding tert-OH is 1. The predicted molar refractivity (Wildman–Crippen MR) is 64.3 cm³/mol. The Kier molecular flexibility index (Phi) is 5.08. The van der Waals surface area contributed by atoms with E-state index in [9.17, 15) is 18.7 Å². The van der Waals surface area contributed by atoms with Gasteiger partial charge in [0.15, 0.2) is 5.78 Å². The molecule has 2 nitrogen and oxygen atoms in total. The number of thioether (sulfide) groups is 1. The maximum absolute atomic E-state index is 13.3. The van der Waals surface area contributed by atoms with Crippen LogP contribution in [-0.2, 0) is 0 Å². The lowest BCUT2D eigenvalue weighted by atomic mass is 10.1. The van der Waals surface area contributed by atoms with E-state index in [0.29, 0.717) is 0 Å². The molecule has 2 unspecified atom stereocenters. The first-order valence-corrected chi connectivity index (χ1v) is 6.24. The maximum atomic E-state index is 13.3. The van der Waals surface area contributed by atoms with Crippen LogP contribution in [0.25, 0.3) is 0 Å². The van der Waals surface area contributed by atoms with Crippen molar-refractivity contribution in [2.45, 2.75) is 25.2 Å². The molecule has 17 heavy (non-hydrogen) atoms. The lowest BCUT2D eigenvalue weighted by Crippen LogP contribution is -2.18. The van der Waals surface area contributed by atoms with Crippen molar-refractivity contribution in [1.82, 2.24) is 0 Å². The Balaban J connectivity index is 2.67. The van der Waals surface area contributed by atoms with E-state index in [1.165, 1.54) is 11.8 Å². The molecular formula is C12H14F2O2S. The van der Waals surface area contributed by atoms with Crippen LogP contribution in [0.4, 0.5) is 8.78 Å². The Morgan fingerprint density at radius 2 is 2.06 bits per heavy atom. The van der Waals surface area contributed by atoms with Crippen molar-refractivity contribution in [2.75, 3.05) is 5.75 Å². The Labute approximate surface area is 103 Å². The summed E-state index contributed by atoms with van der Waals surface area (Å²) in [5, 5.41) is 9.11. The van der Waals surface area contributed by atoms with Gasteiger partial charge in [-0.1, -0.05) is 6.92 Å². The van der Waals surface area contributed by atoms with E-state index >= 15 is 0 Å². The van der Waals surface area contributed by atoms with Crippen LogP contribution in [-0.4, -0.2) is 28.0 Å². The second-order valence-electron chi connectivity index (χ2n) is 3.80. The van der Waals surface area contributed by atoms with Gasteiger partial charge in [-0.3, -0.25) is 4.79 Å². The molecule has 0 aliphatic heterocycles. The van der Waals surface area contributed by atoms with Gasteiger partial charge in [-0.25, -0.2) is 8.78 Å². The van der Waals surface area contributed by atoms with Crippen LogP contribution in [0.3, 0.4) is 0 Å². The van der Waals surface area contributed by atoms with Crippen LogP contribution >= 0.6 is 11.8 Å². The molecule has 0 radical (unpaired) electrons. The van der Waals surface area contributed by atoms with Crippen molar-refractivity contribution in [3.05, 3.63) is 35.4 Å². The molecule has 0 aromatic heterocycles. The summed E-state index contributed by atoms with van der Waals surface area (Å²) in [6.45, 7) is 3.38. The van der Waals surface area contributed by atoms with Crippen LogP contribution in [0, 0.1) is 11.6 Å². The molecule has 0 heterocycles. The molecule has 0 aliphatic rings. The second kappa shape index (κ2) is 6.12. The first kappa shape index (κ1) is 14.1. The highest BCUT2D eigenvalue weighted by Crippen LogP contribution is 2.18. The smallest absolute Gasteiger partial charge is 0.175 e. The summed E-state index contributed by atoms with van der Waals surface area (Å²) in [5.41, 5.74) is -0.240. The molecule has 0 saturated carbocycles. The minimum absolute atomic E-state index is 0.0203. The van der Waals surface area contributed by atoms with Crippen molar-refractivity contribution in [3.63, 3.8) is 0 Å². The van der Waals surface area contributed by atoms with Crippen molar-refractivity contribution >= 4 is 17.5 Å². The molecule has 1 rings (SSSR count). The molecule has 0 spiro atoms. The molecule has 2 atom stereocenters.